The van der Waals surface area contributed by atoms with Crippen molar-refractivity contribution in [1.29, 1.82) is 0 Å². The van der Waals surface area contributed by atoms with Gasteiger partial charge in [0.25, 0.3) is 5.91 Å². The van der Waals surface area contributed by atoms with Gasteiger partial charge in [0.1, 0.15) is 0 Å². The molecule has 0 fully saturated rings. The molecule has 0 radical (unpaired) electrons. The molecular formula is C16H18N2O3S. The first-order chi connectivity index (χ1) is 10.4. The molecule has 2 rings (SSSR count). The highest BCUT2D eigenvalue weighted by molar-refractivity contribution is 7.89. The summed E-state index contributed by atoms with van der Waals surface area (Å²) in [6.07, 6.45) is 0. The molecule has 0 aliphatic carbocycles. The lowest BCUT2D eigenvalue weighted by atomic mass is 10.1. The third kappa shape index (κ3) is 3.93. The molecule has 2 aromatic rings. The SMILES string of the molecule is CNS(=O)(=O)c1ccc(CNC(=O)c2cccc(C)c2)cc1. The molecule has 2 aromatic carbocycles. The quantitative estimate of drug-likeness (QED) is 0.883. The van der Waals surface area contributed by atoms with Crippen LogP contribution in [0, 0.1) is 6.92 Å². The number of carbonyl (C=O) groups excluding carboxylic acids is 1. The molecule has 116 valence electrons. The minimum absolute atomic E-state index is 0.157. The minimum Gasteiger partial charge on any atom is -0.348 e. The summed E-state index contributed by atoms with van der Waals surface area (Å²) in [6, 6.07) is 13.7. The first kappa shape index (κ1) is 16.2. The molecular weight excluding hydrogens is 300 g/mol. The van der Waals surface area contributed by atoms with Crippen molar-refractivity contribution >= 4 is 15.9 Å². The monoisotopic (exact) mass is 318 g/mol. The van der Waals surface area contributed by atoms with Crippen LogP contribution in [0.4, 0.5) is 0 Å². The molecule has 0 saturated heterocycles. The molecule has 5 nitrogen and oxygen atoms in total. The summed E-state index contributed by atoms with van der Waals surface area (Å²) < 4.78 is 25.5. The summed E-state index contributed by atoms with van der Waals surface area (Å²) in [7, 11) is -2.06. The van der Waals surface area contributed by atoms with Crippen molar-refractivity contribution in [1.82, 2.24) is 10.0 Å². The van der Waals surface area contributed by atoms with Crippen molar-refractivity contribution in [3.05, 3.63) is 65.2 Å². The minimum atomic E-state index is -3.43. The molecule has 0 saturated carbocycles. The van der Waals surface area contributed by atoms with Gasteiger partial charge in [-0.25, -0.2) is 13.1 Å². The maximum absolute atomic E-state index is 12.0. The maximum Gasteiger partial charge on any atom is 0.251 e. The fourth-order valence-corrected chi connectivity index (χ4v) is 2.71. The number of hydrogen-bond acceptors (Lipinski definition) is 3. The Morgan fingerprint density at radius 3 is 2.36 bits per heavy atom. The van der Waals surface area contributed by atoms with E-state index in [1.54, 1.807) is 18.2 Å². The van der Waals surface area contributed by atoms with Crippen LogP contribution in [0.15, 0.2) is 53.4 Å². The van der Waals surface area contributed by atoms with Crippen LogP contribution in [-0.4, -0.2) is 21.4 Å². The second kappa shape index (κ2) is 6.72. The lowest BCUT2D eigenvalue weighted by Crippen LogP contribution is -2.23. The lowest BCUT2D eigenvalue weighted by Gasteiger charge is -2.07. The molecule has 22 heavy (non-hydrogen) atoms. The van der Waals surface area contributed by atoms with Crippen molar-refractivity contribution in [2.75, 3.05) is 7.05 Å². The molecule has 0 heterocycles. The summed E-state index contributed by atoms with van der Waals surface area (Å²) in [5, 5.41) is 2.81. The summed E-state index contributed by atoms with van der Waals surface area (Å²) in [5.41, 5.74) is 2.46. The summed E-state index contributed by atoms with van der Waals surface area (Å²) in [4.78, 5) is 12.2. The molecule has 0 bridgehead atoms. The number of sulfonamides is 1. The topological polar surface area (TPSA) is 75.3 Å². The summed E-state index contributed by atoms with van der Waals surface area (Å²) >= 11 is 0. The average molecular weight is 318 g/mol. The van der Waals surface area contributed by atoms with Crippen molar-refractivity contribution in [2.45, 2.75) is 18.4 Å². The van der Waals surface area contributed by atoms with E-state index in [2.05, 4.69) is 10.0 Å². The average Bonchev–Trinajstić information content (AvgIpc) is 2.53. The largest absolute Gasteiger partial charge is 0.348 e. The Morgan fingerprint density at radius 1 is 1.09 bits per heavy atom. The van der Waals surface area contributed by atoms with Crippen LogP contribution < -0.4 is 10.0 Å². The second-order valence-electron chi connectivity index (χ2n) is 4.90. The van der Waals surface area contributed by atoms with E-state index in [0.29, 0.717) is 12.1 Å². The van der Waals surface area contributed by atoms with E-state index in [4.69, 9.17) is 0 Å². The standard InChI is InChI=1S/C16H18N2O3S/c1-12-4-3-5-14(10-12)16(19)18-11-13-6-8-15(9-7-13)22(20,21)17-2/h3-10,17H,11H2,1-2H3,(H,18,19). The van der Waals surface area contributed by atoms with Gasteiger partial charge in [0.05, 0.1) is 4.90 Å². The Morgan fingerprint density at radius 2 is 1.77 bits per heavy atom. The molecule has 6 heteroatoms. The fourth-order valence-electron chi connectivity index (χ4n) is 1.98. The van der Waals surface area contributed by atoms with Gasteiger partial charge >= 0.3 is 0 Å². The fraction of sp³-hybridized carbons (Fsp3) is 0.188. The third-order valence-corrected chi connectivity index (χ3v) is 4.67. The van der Waals surface area contributed by atoms with E-state index in [1.807, 2.05) is 25.1 Å². The van der Waals surface area contributed by atoms with Crippen LogP contribution in [0.2, 0.25) is 0 Å². The molecule has 0 aliphatic heterocycles. The van der Waals surface area contributed by atoms with Gasteiger partial charge in [-0.05, 0) is 43.8 Å². The van der Waals surface area contributed by atoms with Gasteiger partial charge in [-0.3, -0.25) is 4.79 Å². The number of hydrogen-bond donors (Lipinski definition) is 2. The van der Waals surface area contributed by atoms with E-state index in [0.717, 1.165) is 11.1 Å². The van der Waals surface area contributed by atoms with Crippen molar-refractivity contribution in [3.8, 4) is 0 Å². The van der Waals surface area contributed by atoms with Gasteiger partial charge in [0, 0.05) is 12.1 Å². The van der Waals surface area contributed by atoms with E-state index < -0.39 is 10.0 Å². The molecule has 0 aliphatic rings. The number of nitrogens with one attached hydrogen (secondary N) is 2. The zero-order valence-corrected chi connectivity index (χ0v) is 13.3. The number of aryl methyl sites for hydroxylation is 1. The Balaban J connectivity index is 2.02. The predicted octanol–water partition coefficient (Wildman–Crippen LogP) is 1.83. The first-order valence-corrected chi connectivity index (χ1v) is 8.28. The highest BCUT2D eigenvalue weighted by Crippen LogP contribution is 2.10. The van der Waals surface area contributed by atoms with E-state index in [1.165, 1.54) is 19.2 Å². The van der Waals surface area contributed by atoms with Crippen LogP contribution in [0.1, 0.15) is 21.5 Å². The third-order valence-electron chi connectivity index (χ3n) is 3.24. The van der Waals surface area contributed by atoms with Gasteiger partial charge in [-0.15, -0.1) is 0 Å². The van der Waals surface area contributed by atoms with Gasteiger partial charge in [0.15, 0.2) is 0 Å². The van der Waals surface area contributed by atoms with E-state index in [9.17, 15) is 13.2 Å². The Hall–Kier alpha value is -2.18. The smallest absolute Gasteiger partial charge is 0.251 e. The number of rotatable bonds is 5. The van der Waals surface area contributed by atoms with Crippen LogP contribution in [-0.2, 0) is 16.6 Å². The predicted molar refractivity (Wildman–Crippen MR) is 85.0 cm³/mol. The van der Waals surface area contributed by atoms with Crippen LogP contribution in [0.5, 0.6) is 0 Å². The Bertz CT molecular complexity index is 768. The van der Waals surface area contributed by atoms with Gasteiger partial charge in [0.2, 0.25) is 10.0 Å². The van der Waals surface area contributed by atoms with Gasteiger partial charge < -0.3 is 5.32 Å². The zero-order valence-electron chi connectivity index (χ0n) is 12.5. The highest BCUT2D eigenvalue weighted by Gasteiger charge is 2.10. The van der Waals surface area contributed by atoms with Gasteiger partial charge in [-0.1, -0.05) is 29.8 Å². The van der Waals surface area contributed by atoms with Crippen molar-refractivity contribution in [2.24, 2.45) is 0 Å². The molecule has 0 atom stereocenters. The normalized spacial score (nSPS) is 11.2. The second-order valence-corrected chi connectivity index (χ2v) is 6.79. The Labute approximate surface area is 130 Å². The Kier molecular flexibility index (Phi) is 4.95. The van der Waals surface area contributed by atoms with Crippen LogP contribution >= 0.6 is 0 Å². The summed E-state index contributed by atoms with van der Waals surface area (Å²) in [5.74, 6) is -0.157. The number of carbonyl (C=O) groups is 1. The van der Waals surface area contributed by atoms with Crippen LogP contribution in [0.3, 0.4) is 0 Å². The maximum atomic E-state index is 12.0. The van der Waals surface area contributed by atoms with Gasteiger partial charge in [-0.2, -0.15) is 0 Å². The summed E-state index contributed by atoms with van der Waals surface area (Å²) in [6.45, 7) is 2.27. The molecule has 1 amide bonds. The van der Waals surface area contributed by atoms with Crippen molar-refractivity contribution in [3.63, 3.8) is 0 Å². The van der Waals surface area contributed by atoms with E-state index >= 15 is 0 Å². The molecule has 0 spiro atoms. The molecule has 0 unspecified atom stereocenters. The zero-order chi connectivity index (χ0) is 16.2. The van der Waals surface area contributed by atoms with E-state index in [-0.39, 0.29) is 10.8 Å². The van der Waals surface area contributed by atoms with Crippen LogP contribution in [0.25, 0.3) is 0 Å². The molecule has 2 N–H and O–H groups in total. The number of amides is 1. The molecule has 0 aromatic heterocycles. The number of benzene rings is 2. The van der Waals surface area contributed by atoms with Crippen molar-refractivity contribution < 1.29 is 13.2 Å². The first-order valence-electron chi connectivity index (χ1n) is 6.80. The lowest BCUT2D eigenvalue weighted by molar-refractivity contribution is 0.0951. The highest BCUT2D eigenvalue weighted by atomic mass is 32.2.